The third-order valence-electron chi connectivity index (χ3n) is 6.47. The van der Waals surface area contributed by atoms with Crippen LogP contribution in [0, 0.1) is 23.7 Å². The fraction of sp³-hybridized carbons (Fsp3) is 0.889. The van der Waals surface area contributed by atoms with Crippen LogP contribution in [0.15, 0.2) is 12.2 Å². The van der Waals surface area contributed by atoms with Crippen LogP contribution in [0.4, 0.5) is 0 Å². The number of hydrogen-bond acceptors (Lipinski definition) is 4. The highest BCUT2D eigenvalue weighted by atomic mass is 16.7. The quantitative estimate of drug-likeness (QED) is 0.785. The molecule has 1 aliphatic heterocycles. The second-order valence-corrected chi connectivity index (χ2v) is 7.65. The number of hydrogen-bond donors (Lipinski definition) is 2. The average Bonchev–Trinajstić information content (AvgIpc) is 3.12. The topological polar surface area (TPSA) is 58.9 Å². The smallest absolute Gasteiger partial charge is 0.172 e. The van der Waals surface area contributed by atoms with Crippen LogP contribution in [0.25, 0.3) is 0 Å². The molecule has 1 heterocycles. The minimum Gasteiger partial charge on any atom is -0.392 e. The molecule has 2 N–H and O–H groups in total. The van der Waals surface area contributed by atoms with Crippen LogP contribution < -0.4 is 0 Å². The molecule has 0 aromatic heterocycles. The van der Waals surface area contributed by atoms with Crippen molar-refractivity contribution in [3.63, 3.8) is 0 Å². The number of fused-ring (bicyclic) bond motifs is 2. The van der Waals surface area contributed by atoms with Crippen molar-refractivity contribution in [2.24, 2.45) is 23.7 Å². The molecule has 4 aliphatic rings. The van der Waals surface area contributed by atoms with E-state index in [4.69, 9.17) is 9.47 Å². The van der Waals surface area contributed by atoms with E-state index in [0.29, 0.717) is 31.0 Å². The van der Waals surface area contributed by atoms with Crippen molar-refractivity contribution >= 4 is 0 Å². The first-order valence-corrected chi connectivity index (χ1v) is 9.02. The van der Waals surface area contributed by atoms with E-state index < -0.39 is 5.79 Å². The normalized spacial score (nSPS) is 42.6. The van der Waals surface area contributed by atoms with Crippen molar-refractivity contribution in [1.82, 2.24) is 0 Å². The predicted molar refractivity (Wildman–Crippen MR) is 82.1 cm³/mol. The van der Waals surface area contributed by atoms with Gasteiger partial charge in [0.25, 0.3) is 0 Å². The number of aliphatic hydroxyl groups is 2. The van der Waals surface area contributed by atoms with Crippen molar-refractivity contribution in [1.29, 1.82) is 0 Å². The maximum absolute atomic E-state index is 10.5. The van der Waals surface area contributed by atoms with Crippen LogP contribution in [-0.4, -0.2) is 41.4 Å². The van der Waals surface area contributed by atoms with Gasteiger partial charge in [0.05, 0.1) is 25.4 Å². The van der Waals surface area contributed by atoms with Crippen molar-refractivity contribution in [3.8, 4) is 0 Å². The zero-order valence-corrected chi connectivity index (χ0v) is 13.2. The summed E-state index contributed by atoms with van der Waals surface area (Å²) < 4.78 is 11.6. The molecule has 1 spiro atoms. The van der Waals surface area contributed by atoms with E-state index in [9.17, 15) is 10.2 Å². The van der Waals surface area contributed by atoms with Crippen LogP contribution in [0.3, 0.4) is 0 Å². The lowest BCUT2D eigenvalue weighted by Gasteiger charge is -2.48. The second kappa shape index (κ2) is 5.90. The van der Waals surface area contributed by atoms with Crippen molar-refractivity contribution in [2.45, 2.75) is 62.9 Å². The molecule has 4 fully saturated rings. The Morgan fingerprint density at radius 2 is 1.82 bits per heavy atom. The molecule has 3 aliphatic carbocycles. The summed E-state index contributed by atoms with van der Waals surface area (Å²) in [4.78, 5) is 0. The summed E-state index contributed by atoms with van der Waals surface area (Å²) in [6.07, 6.45) is 11.1. The summed E-state index contributed by atoms with van der Waals surface area (Å²) in [5, 5.41) is 20.9. The predicted octanol–water partition coefficient (Wildman–Crippen LogP) is 2.24. The summed E-state index contributed by atoms with van der Waals surface area (Å²) in [5.41, 5.74) is 0. The lowest BCUT2D eigenvalue weighted by atomic mass is 9.69. The molecule has 0 aromatic rings. The maximum Gasteiger partial charge on any atom is 0.172 e. The number of aliphatic hydroxyl groups excluding tert-OH is 2. The molecule has 3 unspecified atom stereocenters. The first kappa shape index (κ1) is 15.1. The SMILES string of the molecule is OC(C=CC1C[C@H]2[C@@H](CC23OCCO3)C1O)C1CCCCC1. The standard InChI is InChI=1S/C18H28O4/c19-16(12-4-2-1-3-5-12)7-6-13-10-15-14(17(13)20)11-18(15)21-8-9-22-18/h6-7,12-17,19-20H,1-5,8-11H2/t13?,14-,15+,16?,17?/m1/s1. The number of ether oxygens (including phenoxy) is 2. The molecule has 4 rings (SSSR count). The lowest BCUT2D eigenvalue weighted by molar-refractivity contribution is -0.275. The fourth-order valence-corrected chi connectivity index (χ4v) is 5.14. The zero-order valence-electron chi connectivity index (χ0n) is 13.2. The van der Waals surface area contributed by atoms with E-state index in [0.717, 1.165) is 25.7 Å². The summed E-state index contributed by atoms with van der Waals surface area (Å²) in [7, 11) is 0. The average molecular weight is 308 g/mol. The van der Waals surface area contributed by atoms with E-state index in [-0.39, 0.29) is 18.1 Å². The van der Waals surface area contributed by atoms with E-state index in [2.05, 4.69) is 6.08 Å². The van der Waals surface area contributed by atoms with Gasteiger partial charge in [0.1, 0.15) is 0 Å². The Bertz CT molecular complexity index is 423. The molecule has 0 aromatic carbocycles. The first-order chi connectivity index (χ1) is 10.7. The molecule has 1 saturated heterocycles. The third kappa shape index (κ3) is 2.44. The maximum atomic E-state index is 10.5. The molecule has 0 radical (unpaired) electrons. The highest BCUT2D eigenvalue weighted by Crippen LogP contribution is 2.59. The van der Waals surface area contributed by atoms with Crippen molar-refractivity contribution < 1.29 is 19.7 Å². The fourth-order valence-electron chi connectivity index (χ4n) is 5.14. The Balaban J connectivity index is 1.36. The highest BCUT2D eigenvalue weighted by molar-refractivity contribution is 5.13. The first-order valence-electron chi connectivity index (χ1n) is 9.02. The van der Waals surface area contributed by atoms with E-state index in [1.165, 1.54) is 19.3 Å². The highest BCUT2D eigenvalue weighted by Gasteiger charge is 2.64. The monoisotopic (exact) mass is 308 g/mol. The van der Waals surface area contributed by atoms with Crippen LogP contribution in [0.1, 0.15) is 44.9 Å². The van der Waals surface area contributed by atoms with Crippen LogP contribution in [0.2, 0.25) is 0 Å². The van der Waals surface area contributed by atoms with Gasteiger partial charge in [0, 0.05) is 18.3 Å². The van der Waals surface area contributed by atoms with Gasteiger partial charge < -0.3 is 19.7 Å². The molecule has 4 nitrogen and oxygen atoms in total. The molecule has 22 heavy (non-hydrogen) atoms. The van der Waals surface area contributed by atoms with Gasteiger partial charge in [0.2, 0.25) is 0 Å². The Hall–Kier alpha value is -0.420. The Morgan fingerprint density at radius 3 is 2.55 bits per heavy atom. The minimum atomic E-state index is -0.393. The van der Waals surface area contributed by atoms with Gasteiger partial charge in [-0.25, -0.2) is 0 Å². The third-order valence-corrected chi connectivity index (χ3v) is 6.47. The van der Waals surface area contributed by atoms with Gasteiger partial charge in [-0.2, -0.15) is 0 Å². The summed E-state index contributed by atoms with van der Waals surface area (Å²) >= 11 is 0. The molecular weight excluding hydrogens is 280 g/mol. The molecule has 5 atom stereocenters. The van der Waals surface area contributed by atoms with Gasteiger partial charge in [0.15, 0.2) is 5.79 Å². The summed E-state index contributed by atoms with van der Waals surface area (Å²) in [5.74, 6) is 0.788. The Kier molecular flexibility index (Phi) is 4.05. The molecule has 0 amide bonds. The van der Waals surface area contributed by atoms with E-state index in [1.807, 2.05) is 6.08 Å². The minimum absolute atomic E-state index is 0.139. The molecular formula is C18H28O4. The van der Waals surface area contributed by atoms with Gasteiger partial charge in [-0.1, -0.05) is 31.4 Å². The van der Waals surface area contributed by atoms with Crippen LogP contribution >= 0.6 is 0 Å². The molecule has 0 bridgehead atoms. The van der Waals surface area contributed by atoms with Gasteiger partial charge in [-0.15, -0.1) is 0 Å². The zero-order chi connectivity index (χ0) is 15.2. The van der Waals surface area contributed by atoms with Crippen LogP contribution in [0.5, 0.6) is 0 Å². The number of rotatable bonds is 3. The van der Waals surface area contributed by atoms with Crippen LogP contribution in [-0.2, 0) is 9.47 Å². The van der Waals surface area contributed by atoms with Gasteiger partial charge in [-0.3, -0.25) is 0 Å². The van der Waals surface area contributed by atoms with E-state index >= 15 is 0 Å². The largest absolute Gasteiger partial charge is 0.392 e. The lowest BCUT2D eigenvalue weighted by Crippen LogP contribution is -2.54. The molecule has 3 saturated carbocycles. The van der Waals surface area contributed by atoms with Crippen molar-refractivity contribution in [3.05, 3.63) is 12.2 Å². The Labute approximate surface area is 132 Å². The molecule has 124 valence electrons. The van der Waals surface area contributed by atoms with Gasteiger partial charge in [-0.05, 0) is 31.1 Å². The molecule has 4 heteroatoms. The summed E-state index contributed by atoms with van der Waals surface area (Å²) in [6.45, 7) is 1.36. The van der Waals surface area contributed by atoms with E-state index in [1.54, 1.807) is 0 Å². The Morgan fingerprint density at radius 1 is 1.09 bits per heavy atom. The van der Waals surface area contributed by atoms with Crippen molar-refractivity contribution in [2.75, 3.05) is 13.2 Å². The second-order valence-electron chi connectivity index (χ2n) is 7.65. The van der Waals surface area contributed by atoms with Gasteiger partial charge >= 0.3 is 0 Å². The summed E-state index contributed by atoms with van der Waals surface area (Å²) in [6, 6.07) is 0.